The first kappa shape index (κ1) is 19.8. The van der Waals surface area contributed by atoms with E-state index in [1.165, 1.54) is 6.92 Å². The van der Waals surface area contributed by atoms with Gasteiger partial charge in [-0.25, -0.2) is 26.7 Å². The number of hydrogen-bond donors (Lipinski definition) is 2. The summed E-state index contributed by atoms with van der Waals surface area (Å²) >= 11 is 0. The Morgan fingerprint density at radius 2 is 1.57 bits per heavy atom. The van der Waals surface area contributed by atoms with Gasteiger partial charge >= 0.3 is 6.16 Å². The van der Waals surface area contributed by atoms with Gasteiger partial charge in [-0.3, -0.25) is 4.79 Å². The third-order valence-electron chi connectivity index (χ3n) is 4.36. The third-order valence-corrected chi connectivity index (χ3v) is 4.36. The molecule has 6 nitrogen and oxygen atoms in total. The van der Waals surface area contributed by atoms with Crippen molar-refractivity contribution in [2.45, 2.75) is 12.8 Å². The molecule has 1 unspecified atom stereocenters. The van der Waals surface area contributed by atoms with Crippen molar-refractivity contribution in [3.05, 3.63) is 57.4 Å². The van der Waals surface area contributed by atoms with Crippen LogP contribution in [0.1, 0.15) is 18.4 Å². The van der Waals surface area contributed by atoms with E-state index in [0.29, 0.717) is 0 Å². The van der Waals surface area contributed by atoms with E-state index in [0.717, 1.165) is 7.11 Å². The van der Waals surface area contributed by atoms with E-state index >= 15 is 0 Å². The van der Waals surface area contributed by atoms with Crippen molar-refractivity contribution in [3.8, 4) is 0 Å². The number of carbonyl (C=O) groups excluding carboxylic acids is 2. The summed E-state index contributed by atoms with van der Waals surface area (Å²) in [5.41, 5.74) is -1.36. The molecule has 1 aromatic rings. The number of hydrogen-bond acceptors (Lipinski definition) is 6. The molecule has 0 aromatic heterocycles. The number of allylic oxidation sites excluding steroid dienone is 2. The largest absolute Gasteiger partial charge is 0.513 e. The summed E-state index contributed by atoms with van der Waals surface area (Å²) in [4.78, 5) is 24.0. The van der Waals surface area contributed by atoms with Crippen LogP contribution in [0.3, 0.4) is 0 Å². The van der Waals surface area contributed by atoms with Crippen LogP contribution in [0.4, 0.5) is 26.7 Å². The van der Waals surface area contributed by atoms with Gasteiger partial charge < -0.3 is 20.1 Å². The number of rotatable bonds is 2. The molecule has 3 rings (SSSR count). The lowest BCUT2D eigenvalue weighted by molar-refractivity contribution is -0.115. The van der Waals surface area contributed by atoms with Crippen LogP contribution in [0, 0.1) is 29.1 Å². The van der Waals surface area contributed by atoms with Crippen LogP contribution in [-0.4, -0.2) is 32.1 Å². The second kappa shape index (κ2) is 7.23. The molecule has 0 saturated heterocycles. The van der Waals surface area contributed by atoms with Gasteiger partial charge in [0.2, 0.25) is 5.82 Å². The topological polar surface area (TPSA) is 76.7 Å². The van der Waals surface area contributed by atoms with E-state index < -0.39 is 58.3 Å². The maximum Gasteiger partial charge on any atom is 0.513 e. The molecule has 0 amide bonds. The SMILES string of the molecule is COC(=O)OC1=C(C)NC2=C(C(=O)CNC2)C1c1c(F)c(F)c(F)c(F)c1F. The number of ketones is 1. The van der Waals surface area contributed by atoms with Crippen LogP contribution in [0.5, 0.6) is 0 Å². The summed E-state index contributed by atoms with van der Waals surface area (Å²) in [6, 6.07) is 0. The Bertz CT molecular complexity index is 928. The summed E-state index contributed by atoms with van der Waals surface area (Å²) in [6.07, 6.45) is -1.30. The lowest BCUT2D eigenvalue weighted by Gasteiger charge is -2.34. The minimum Gasteiger partial charge on any atom is -0.437 e. The predicted molar refractivity (Wildman–Crippen MR) is 83.2 cm³/mol. The molecular formula is C17H13F5N2O4. The second-order valence-electron chi connectivity index (χ2n) is 6.01. The molecular weight excluding hydrogens is 391 g/mol. The van der Waals surface area contributed by atoms with Crippen molar-refractivity contribution in [1.29, 1.82) is 0 Å². The van der Waals surface area contributed by atoms with E-state index in [9.17, 15) is 31.5 Å². The predicted octanol–water partition coefficient (Wildman–Crippen LogP) is 2.51. The van der Waals surface area contributed by atoms with Gasteiger partial charge in [-0.05, 0) is 6.92 Å². The number of nitrogens with one attached hydrogen (secondary N) is 2. The number of benzene rings is 1. The molecule has 0 bridgehead atoms. The van der Waals surface area contributed by atoms with Crippen molar-refractivity contribution in [1.82, 2.24) is 10.6 Å². The number of dihydropyridines is 1. The van der Waals surface area contributed by atoms with Crippen LogP contribution >= 0.6 is 0 Å². The van der Waals surface area contributed by atoms with Gasteiger partial charge in [0.05, 0.1) is 25.3 Å². The number of halogens is 5. The fraction of sp³-hybridized carbons (Fsp3) is 0.294. The van der Waals surface area contributed by atoms with Gasteiger partial charge in [-0.15, -0.1) is 0 Å². The molecule has 0 fully saturated rings. The highest BCUT2D eigenvalue weighted by Crippen LogP contribution is 2.43. The number of ether oxygens (including phenoxy) is 2. The summed E-state index contributed by atoms with van der Waals surface area (Å²) in [7, 11) is 0.961. The maximum atomic E-state index is 14.5. The normalized spacial score (nSPS) is 19.4. The highest BCUT2D eigenvalue weighted by molar-refractivity contribution is 6.01. The zero-order valence-electron chi connectivity index (χ0n) is 14.5. The molecule has 2 aliphatic heterocycles. The molecule has 2 N–H and O–H groups in total. The first-order valence-electron chi connectivity index (χ1n) is 7.90. The average Bonchev–Trinajstić information content (AvgIpc) is 2.67. The van der Waals surface area contributed by atoms with E-state index in [2.05, 4.69) is 15.4 Å². The Morgan fingerprint density at radius 3 is 2.14 bits per heavy atom. The molecule has 11 heteroatoms. The molecule has 28 heavy (non-hydrogen) atoms. The van der Waals surface area contributed by atoms with Crippen LogP contribution < -0.4 is 10.6 Å². The summed E-state index contributed by atoms with van der Waals surface area (Å²) in [5, 5.41) is 5.48. The zero-order chi connectivity index (χ0) is 20.7. The van der Waals surface area contributed by atoms with Crippen molar-refractivity contribution >= 4 is 11.9 Å². The van der Waals surface area contributed by atoms with Crippen LogP contribution in [0.2, 0.25) is 0 Å². The molecule has 1 aromatic carbocycles. The number of Topliss-reactive ketones (excluding diaryl/α,β-unsaturated/α-hetero) is 1. The van der Waals surface area contributed by atoms with E-state index in [1.54, 1.807) is 0 Å². The summed E-state index contributed by atoms with van der Waals surface area (Å²) < 4.78 is 79.3. The lowest BCUT2D eigenvalue weighted by atomic mass is 9.81. The Kier molecular flexibility index (Phi) is 5.11. The Labute approximate surface area is 155 Å². The quantitative estimate of drug-likeness (QED) is 0.342. The fourth-order valence-electron chi connectivity index (χ4n) is 3.16. The smallest absolute Gasteiger partial charge is 0.437 e. The van der Waals surface area contributed by atoms with Crippen LogP contribution in [0.15, 0.2) is 22.7 Å². The van der Waals surface area contributed by atoms with Gasteiger partial charge in [-0.1, -0.05) is 0 Å². The molecule has 0 aliphatic carbocycles. The number of carbonyl (C=O) groups is 2. The number of methoxy groups -OCH3 is 1. The second-order valence-corrected chi connectivity index (χ2v) is 6.01. The van der Waals surface area contributed by atoms with E-state index in [1.807, 2.05) is 0 Å². The molecule has 150 valence electrons. The first-order chi connectivity index (χ1) is 13.2. The molecule has 1 atom stereocenters. The Balaban J connectivity index is 2.31. The Morgan fingerprint density at radius 1 is 1.00 bits per heavy atom. The third kappa shape index (κ3) is 3.01. The van der Waals surface area contributed by atoms with Gasteiger partial charge in [0.25, 0.3) is 0 Å². The zero-order valence-corrected chi connectivity index (χ0v) is 14.5. The van der Waals surface area contributed by atoms with Crippen molar-refractivity contribution in [2.24, 2.45) is 0 Å². The van der Waals surface area contributed by atoms with Gasteiger partial charge in [0.15, 0.2) is 29.1 Å². The van der Waals surface area contributed by atoms with Gasteiger partial charge in [-0.2, -0.15) is 0 Å². The highest BCUT2D eigenvalue weighted by Gasteiger charge is 2.43. The first-order valence-corrected chi connectivity index (χ1v) is 7.90. The van der Waals surface area contributed by atoms with Crippen molar-refractivity contribution < 1.29 is 41.0 Å². The monoisotopic (exact) mass is 404 g/mol. The standard InChI is InChI=1S/C17H13F5N2O4/c1-5-16(28-17(26)27-2)9(8-6(24-5)3-23-4-7(8)25)10-11(18)13(20)15(22)14(21)12(10)19/h9,23-24H,3-4H2,1-2H3. The van der Waals surface area contributed by atoms with E-state index in [-0.39, 0.29) is 30.1 Å². The molecule has 2 aliphatic rings. The lowest BCUT2D eigenvalue weighted by Crippen LogP contribution is -2.43. The molecule has 2 heterocycles. The molecule has 0 spiro atoms. The minimum atomic E-state index is -2.34. The summed E-state index contributed by atoms with van der Waals surface area (Å²) in [5.74, 6) is -14.0. The van der Waals surface area contributed by atoms with Gasteiger partial charge in [0.1, 0.15) is 5.76 Å². The molecule has 0 saturated carbocycles. The average molecular weight is 404 g/mol. The van der Waals surface area contributed by atoms with E-state index in [4.69, 9.17) is 4.74 Å². The Hall–Kier alpha value is -2.95. The van der Waals surface area contributed by atoms with Crippen molar-refractivity contribution in [2.75, 3.05) is 20.2 Å². The van der Waals surface area contributed by atoms with Crippen LogP contribution in [-0.2, 0) is 14.3 Å². The minimum absolute atomic E-state index is 0.0367. The fourth-order valence-corrected chi connectivity index (χ4v) is 3.16. The highest BCUT2D eigenvalue weighted by atomic mass is 19.2. The van der Waals surface area contributed by atoms with Crippen molar-refractivity contribution in [3.63, 3.8) is 0 Å². The van der Waals surface area contributed by atoms with Gasteiger partial charge in [0, 0.05) is 23.4 Å². The van der Waals surface area contributed by atoms with Crippen LogP contribution in [0.25, 0.3) is 0 Å². The summed E-state index contributed by atoms with van der Waals surface area (Å²) in [6.45, 7) is 1.17. The molecule has 0 radical (unpaired) electrons. The maximum absolute atomic E-state index is 14.5.